The molecule has 0 saturated heterocycles. The number of pyridine rings is 1. The molecule has 0 radical (unpaired) electrons. The van der Waals surface area contributed by atoms with E-state index >= 15 is 0 Å². The molecule has 0 fully saturated rings. The summed E-state index contributed by atoms with van der Waals surface area (Å²) in [6.45, 7) is 10.0. The van der Waals surface area contributed by atoms with Crippen molar-refractivity contribution in [3.63, 3.8) is 0 Å². The molecule has 0 aliphatic carbocycles. The first kappa shape index (κ1) is 26.4. The molecular formula is C31H35N5O3. The molecule has 1 aromatic heterocycles. The normalized spacial score (nSPS) is 15.6. The molecule has 0 N–H and O–H groups in total. The Labute approximate surface area is 229 Å². The smallest absolute Gasteiger partial charge is 0.410 e. The van der Waals surface area contributed by atoms with Crippen molar-refractivity contribution in [1.82, 2.24) is 9.47 Å². The maximum Gasteiger partial charge on any atom is 0.410 e. The SMILES string of the molecule is Cc1cc2c(N3CCN(C)c4ccc(C#N)cc43)cc(C3=CCN(C(=O)OC(C)(C)C)CC3)cc2n(C)c1=O. The Morgan fingerprint density at radius 2 is 1.77 bits per heavy atom. The minimum Gasteiger partial charge on any atom is -0.444 e. The maximum absolute atomic E-state index is 12.9. The second-order valence-electron chi connectivity index (χ2n) is 11.4. The number of nitrogens with zero attached hydrogens (tertiary/aromatic N) is 5. The number of aromatic nitrogens is 1. The first-order chi connectivity index (χ1) is 18.5. The molecule has 1 amide bonds. The third-order valence-corrected chi connectivity index (χ3v) is 7.49. The predicted molar refractivity (Wildman–Crippen MR) is 156 cm³/mol. The van der Waals surface area contributed by atoms with E-state index in [0.29, 0.717) is 30.6 Å². The topological polar surface area (TPSA) is 81.8 Å². The largest absolute Gasteiger partial charge is 0.444 e. The van der Waals surface area contributed by atoms with Crippen molar-refractivity contribution in [1.29, 1.82) is 5.26 Å². The lowest BCUT2D eigenvalue weighted by Gasteiger charge is -2.38. The fourth-order valence-electron chi connectivity index (χ4n) is 5.41. The van der Waals surface area contributed by atoms with Gasteiger partial charge in [-0.2, -0.15) is 5.26 Å². The van der Waals surface area contributed by atoms with Crippen LogP contribution in [0.5, 0.6) is 0 Å². The van der Waals surface area contributed by atoms with Crippen molar-refractivity contribution in [3.05, 3.63) is 69.5 Å². The van der Waals surface area contributed by atoms with Gasteiger partial charge < -0.3 is 24.0 Å². The molecule has 2 aliphatic heterocycles. The zero-order valence-corrected chi connectivity index (χ0v) is 23.5. The van der Waals surface area contributed by atoms with Gasteiger partial charge in [0.25, 0.3) is 5.56 Å². The Kier molecular flexibility index (Phi) is 6.63. The number of likely N-dealkylation sites (N-methyl/N-ethyl adjacent to an activating group) is 1. The number of hydrogen-bond donors (Lipinski definition) is 0. The van der Waals surface area contributed by atoms with E-state index in [1.165, 1.54) is 0 Å². The van der Waals surface area contributed by atoms with E-state index < -0.39 is 5.60 Å². The van der Waals surface area contributed by atoms with Crippen molar-refractivity contribution < 1.29 is 9.53 Å². The van der Waals surface area contributed by atoms with Crippen molar-refractivity contribution in [2.45, 2.75) is 39.7 Å². The number of fused-ring (bicyclic) bond motifs is 2. The second kappa shape index (κ2) is 9.81. The van der Waals surface area contributed by atoms with Crippen LogP contribution in [0.1, 0.15) is 43.9 Å². The minimum atomic E-state index is -0.540. The monoisotopic (exact) mass is 525 g/mol. The van der Waals surface area contributed by atoms with Crippen LogP contribution in [0.15, 0.2) is 47.3 Å². The summed E-state index contributed by atoms with van der Waals surface area (Å²) in [6.07, 6.45) is 2.45. The molecule has 2 aliphatic rings. The second-order valence-corrected chi connectivity index (χ2v) is 11.4. The highest BCUT2D eigenvalue weighted by molar-refractivity contribution is 5.99. The highest BCUT2D eigenvalue weighted by atomic mass is 16.6. The van der Waals surface area contributed by atoms with Gasteiger partial charge >= 0.3 is 6.09 Å². The van der Waals surface area contributed by atoms with Crippen LogP contribution >= 0.6 is 0 Å². The van der Waals surface area contributed by atoms with Crippen LogP contribution in [0.2, 0.25) is 0 Å². The van der Waals surface area contributed by atoms with E-state index in [1.54, 1.807) is 9.47 Å². The summed E-state index contributed by atoms with van der Waals surface area (Å²) in [5.41, 5.74) is 6.77. The van der Waals surface area contributed by atoms with Gasteiger partial charge in [0.15, 0.2) is 0 Å². The average molecular weight is 526 g/mol. The van der Waals surface area contributed by atoms with Gasteiger partial charge in [-0.05, 0) is 81.7 Å². The summed E-state index contributed by atoms with van der Waals surface area (Å²) in [5, 5.41) is 10.6. The first-order valence-corrected chi connectivity index (χ1v) is 13.3. The number of carbonyl (C=O) groups is 1. The van der Waals surface area contributed by atoms with Crippen LogP contribution < -0.4 is 15.4 Å². The van der Waals surface area contributed by atoms with Gasteiger partial charge in [0.2, 0.25) is 0 Å². The summed E-state index contributed by atoms with van der Waals surface area (Å²) >= 11 is 0. The van der Waals surface area contributed by atoms with Crippen LogP contribution in [-0.2, 0) is 11.8 Å². The number of benzene rings is 2. The van der Waals surface area contributed by atoms with Gasteiger partial charge in [-0.1, -0.05) is 6.08 Å². The van der Waals surface area contributed by atoms with E-state index in [4.69, 9.17) is 4.74 Å². The third kappa shape index (κ3) is 4.97. The lowest BCUT2D eigenvalue weighted by Crippen LogP contribution is -2.39. The molecule has 0 atom stereocenters. The summed E-state index contributed by atoms with van der Waals surface area (Å²) < 4.78 is 7.28. The fraction of sp³-hybridized carbons (Fsp3) is 0.387. The zero-order chi connectivity index (χ0) is 28.1. The molecule has 0 spiro atoms. The lowest BCUT2D eigenvalue weighted by atomic mass is 9.95. The first-order valence-electron chi connectivity index (χ1n) is 13.3. The molecule has 0 unspecified atom stereocenters. The standard InChI is InChI=1S/C31H35N5O3/c1-20-15-24-26(34(6)29(20)37)17-23(22-9-11-35(12-10-22)30(38)39-31(2,3)4)18-27(24)36-14-13-33(5)25-8-7-21(19-32)16-28(25)36/h7-9,15-18H,10-14H2,1-6H3. The molecule has 8 nitrogen and oxygen atoms in total. The Morgan fingerprint density at radius 3 is 2.44 bits per heavy atom. The van der Waals surface area contributed by atoms with Crippen molar-refractivity contribution in [2.24, 2.45) is 7.05 Å². The quantitative estimate of drug-likeness (QED) is 0.450. The number of ether oxygens (including phenoxy) is 1. The summed E-state index contributed by atoms with van der Waals surface area (Å²) in [6, 6.07) is 14.3. The Hall–Kier alpha value is -4.25. The Balaban J connectivity index is 1.63. The van der Waals surface area contributed by atoms with E-state index in [2.05, 4.69) is 41.1 Å². The van der Waals surface area contributed by atoms with E-state index in [9.17, 15) is 14.9 Å². The minimum absolute atomic E-state index is 0.0233. The Bertz CT molecular complexity index is 1610. The molecule has 3 heterocycles. The number of carbonyl (C=O) groups excluding carboxylic acids is 1. The summed E-state index contributed by atoms with van der Waals surface area (Å²) in [7, 11) is 3.88. The van der Waals surface area contributed by atoms with Gasteiger partial charge in [0.05, 0.1) is 34.2 Å². The molecule has 202 valence electrons. The molecular weight excluding hydrogens is 490 g/mol. The van der Waals surface area contributed by atoms with Gasteiger partial charge in [-0.25, -0.2) is 4.79 Å². The number of aryl methyl sites for hydroxylation is 2. The Morgan fingerprint density at radius 1 is 1.00 bits per heavy atom. The average Bonchev–Trinajstić information content (AvgIpc) is 2.91. The van der Waals surface area contributed by atoms with Crippen LogP contribution in [0.4, 0.5) is 21.9 Å². The van der Waals surface area contributed by atoms with Crippen molar-refractivity contribution >= 4 is 39.6 Å². The van der Waals surface area contributed by atoms with Gasteiger partial charge in [0.1, 0.15) is 5.60 Å². The van der Waals surface area contributed by atoms with Crippen LogP contribution in [0.25, 0.3) is 16.5 Å². The third-order valence-electron chi connectivity index (χ3n) is 7.49. The lowest BCUT2D eigenvalue weighted by molar-refractivity contribution is 0.0270. The molecule has 8 heteroatoms. The predicted octanol–water partition coefficient (Wildman–Crippen LogP) is 5.33. The summed E-state index contributed by atoms with van der Waals surface area (Å²) in [4.78, 5) is 31.7. The van der Waals surface area contributed by atoms with Crippen LogP contribution in [0, 0.1) is 18.3 Å². The van der Waals surface area contributed by atoms with Gasteiger partial charge in [-0.3, -0.25) is 4.79 Å². The van der Waals surface area contributed by atoms with E-state index in [0.717, 1.165) is 52.2 Å². The number of rotatable bonds is 2. The van der Waals surface area contributed by atoms with E-state index in [-0.39, 0.29) is 11.7 Å². The molecule has 2 aromatic carbocycles. The van der Waals surface area contributed by atoms with Gasteiger partial charge in [0, 0.05) is 51.2 Å². The number of anilines is 3. The highest BCUT2D eigenvalue weighted by Gasteiger charge is 2.27. The van der Waals surface area contributed by atoms with Crippen LogP contribution in [-0.4, -0.2) is 54.4 Å². The van der Waals surface area contributed by atoms with Gasteiger partial charge in [-0.15, -0.1) is 0 Å². The molecule has 5 rings (SSSR count). The summed E-state index contributed by atoms with van der Waals surface area (Å²) in [5.74, 6) is 0. The molecule has 39 heavy (non-hydrogen) atoms. The molecule has 0 saturated carbocycles. The fourth-order valence-corrected chi connectivity index (χ4v) is 5.41. The highest BCUT2D eigenvalue weighted by Crippen LogP contribution is 2.42. The number of hydrogen-bond acceptors (Lipinski definition) is 6. The van der Waals surface area contributed by atoms with E-state index in [1.807, 2.05) is 59.0 Å². The van der Waals surface area contributed by atoms with Crippen molar-refractivity contribution in [3.8, 4) is 6.07 Å². The number of amides is 1. The maximum atomic E-state index is 12.9. The molecule has 3 aromatic rings. The molecule has 0 bridgehead atoms. The zero-order valence-electron chi connectivity index (χ0n) is 23.5. The number of nitriles is 1. The van der Waals surface area contributed by atoms with Crippen LogP contribution in [0.3, 0.4) is 0 Å². The van der Waals surface area contributed by atoms with Crippen molar-refractivity contribution in [2.75, 3.05) is 43.0 Å².